The highest BCUT2D eigenvalue weighted by atomic mass is 32.2. The van der Waals surface area contributed by atoms with Gasteiger partial charge in [0.1, 0.15) is 10.6 Å². The molecule has 4 N–H and O–H groups in total. The predicted molar refractivity (Wildman–Crippen MR) is 127 cm³/mol. The van der Waals surface area contributed by atoms with Gasteiger partial charge in [-0.2, -0.15) is 4.31 Å². The van der Waals surface area contributed by atoms with Crippen molar-refractivity contribution in [2.45, 2.75) is 17.7 Å². The summed E-state index contributed by atoms with van der Waals surface area (Å²) in [6.45, 7) is 0.334. The van der Waals surface area contributed by atoms with Gasteiger partial charge < -0.3 is 25.4 Å². The third-order valence-electron chi connectivity index (χ3n) is 5.83. The van der Waals surface area contributed by atoms with E-state index in [-0.39, 0.29) is 41.3 Å². The monoisotopic (exact) mass is 499 g/mol. The van der Waals surface area contributed by atoms with Crippen LogP contribution in [0.15, 0.2) is 64.2 Å². The lowest BCUT2D eigenvalue weighted by atomic mass is 9.97. The summed E-state index contributed by atoms with van der Waals surface area (Å²) in [4.78, 5) is 36.4. The highest BCUT2D eigenvalue weighted by molar-refractivity contribution is 7.89. The largest absolute Gasteiger partial charge is 0.459 e. The molecule has 0 spiro atoms. The molecule has 1 aliphatic heterocycles. The van der Waals surface area contributed by atoms with Crippen LogP contribution in [-0.4, -0.2) is 48.1 Å². The molecule has 11 nitrogen and oxygen atoms in total. The summed E-state index contributed by atoms with van der Waals surface area (Å²) in [6.07, 6.45) is 3.44. The summed E-state index contributed by atoms with van der Waals surface area (Å²) in [6, 6.07) is 11.1. The number of hydrogen-bond acceptors (Lipinski definition) is 6. The maximum Gasteiger partial charge on any atom is 0.291 e. The lowest BCUT2D eigenvalue weighted by molar-refractivity contribution is -0.120. The van der Waals surface area contributed by atoms with Crippen molar-refractivity contribution in [3.05, 3.63) is 66.4 Å². The molecule has 1 aromatic carbocycles. The molecule has 3 heterocycles. The maximum atomic E-state index is 13.0. The van der Waals surface area contributed by atoms with Crippen molar-refractivity contribution in [2.24, 2.45) is 18.7 Å². The van der Waals surface area contributed by atoms with Crippen molar-refractivity contribution in [1.29, 1.82) is 0 Å². The molecular weight excluding hydrogens is 474 g/mol. The first-order chi connectivity index (χ1) is 16.6. The molecule has 3 amide bonds. The number of nitrogens with one attached hydrogen (secondary N) is 2. The zero-order valence-electron chi connectivity index (χ0n) is 18.9. The number of rotatable bonds is 7. The SMILES string of the molecule is Cn1cc(S(=O)(=O)N2CCC(C(=O)Nc3cccc(NC(=O)c4ccco4)c3)CC2)cc1C(N)=O. The van der Waals surface area contributed by atoms with Crippen LogP contribution in [0.1, 0.15) is 33.9 Å². The highest BCUT2D eigenvalue weighted by Gasteiger charge is 2.33. The van der Waals surface area contributed by atoms with Gasteiger partial charge in [0.05, 0.1) is 6.26 Å². The molecule has 0 atom stereocenters. The molecule has 1 aliphatic rings. The van der Waals surface area contributed by atoms with Crippen LogP contribution in [-0.2, 0) is 21.9 Å². The Kier molecular flexibility index (Phi) is 6.76. The number of carbonyl (C=O) groups excluding carboxylic acids is 3. The summed E-state index contributed by atoms with van der Waals surface area (Å²) in [5, 5.41) is 5.53. The minimum absolute atomic E-state index is 0.00916. The van der Waals surface area contributed by atoms with Crippen LogP contribution >= 0.6 is 0 Å². The van der Waals surface area contributed by atoms with Gasteiger partial charge >= 0.3 is 0 Å². The Morgan fingerprint density at radius 3 is 2.31 bits per heavy atom. The van der Waals surface area contributed by atoms with Gasteiger partial charge in [-0.05, 0) is 49.2 Å². The average molecular weight is 500 g/mol. The molecule has 1 saturated heterocycles. The number of benzene rings is 1. The van der Waals surface area contributed by atoms with E-state index in [4.69, 9.17) is 10.2 Å². The Hall–Kier alpha value is -3.90. The second-order valence-electron chi connectivity index (χ2n) is 8.22. The number of anilines is 2. The second kappa shape index (κ2) is 9.76. The van der Waals surface area contributed by atoms with Gasteiger partial charge in [-0.1, -0.05) is 6.07 Å². The molecule has 0 aliphatic carbocycles. The molecular formula is C23H25N5O6S. The van der Waals surface area contributed by atoms with Crippen LogP contribution < -0.4 is 16.4 Å². The van der Waals surface area contributed by atoms with E-state index in [1.807, 2.05) is 0 Å². The van der Waals surface area contributed by atoms with Crippen molar-refractivity contribution in [3.63, 3.8) is 0 Å². The molecule has 0 saturated carbocycles. The van der Waals surface area contributed by atoms with Crippen molar-refractivity contribution in [1.82, 2.24) is 8.87 Å². The maximum absolute atomic E-state index is 13.0. The van der Waals surface area contributed by atoms with Crippen molar-refractivity contribution in [3.8, 4) is 0 Å². The molecule has 2 aromatic heterocycles. The highest BCUT2D eigenvalue weighted by Crippen LogP contribution is 2.26. The first-order valence-corrected chi connectivity index (χ1v) is 12.3. The fourth-order valence-electron chi connectivity index (χ4n) is 3.95. The predicted octanol–water partition coefficient (Wildman–Crippen LogP) is 2.01. The minimum atomic E-state index is -3.82. The Labute approximate surface area is 201 Å². The van der Waals surface area contributed by atoms with Crippen LogP contribution in [0, 0.1) is 5.92 Å². The van der Waals surface area contributed by atoms with Gasteiger partial charge in [0.15, 0.2) is 5.76 Å². The third-order valence-corrected chi connectivity index (χ3v) is 7.69. The number of furan rings is 1. The summed E-state index contributed by atoms with van der Waals surface area (Å²) in [5.74, 6) is -1.56. The van der Waals surface area contributed by atoms with Crippen LogP contribution in [0.2, 0.25) is 0 Å². The summed E-state index contributed by atoms with van der Waals surface area (Å²) >= 11 is 0. The number of sulfonamides is 1. The molecule has 3 aromatic rings. The number of amides is 3. The summed E-state index contributed by atoms with van der Waals surface area (Å²) in [5.41, 5.74) is 6.37. The molecule has 4 rings (SSSR count). The number of aryl methyl sites for hydroxylation is 1. The number of aromatic nitrogens is 1. The van der Waals surface area contributed by atoms with Gasteiger partial charge in [0, 0.05) is 43.6 Å². The number of hydrogen-bond donors (Lipinski definition) is 3. The number of piperidine rings is 1. The average Bonchev–Trinajstić information content (AvgIpc) is 3.50. The van der Waals surface area contributed by atoms with E-state index in [0.717, 1.165) is 0 Å². The van der Waals surface area contributed by atoms with Gasteiger partial charge in [0.25, 0.3) is 11.8 Å². The van der Waals surface area contributed by atoms with E-state index in [1.165, 1.54) is 27.4 Å². The Morgan fingerprint density at radius 1 is 1.03 bits per heavy atom. The minimum Gasteiger partial charge on any atom is -0.459 e. The van der Waals surface area contributed by atoms with Crippen LogP contribution in [0.3, 0.4) is 0 Å². The third kappa shape index (κ3) is 5.28. The molecule has 35 heavy (non-hydrogen) atoms. The number of primary amides is 1. The molecule has 12 heteroatoms. The lowest BCUT2D eigenvalue weighted by Gasteiger charge is -2.30. The quantitative estimate of drug-likeness (QED) is 0.451. The fraction of sp³-hybridized carbons (Fsp3) is 0.261. The van der Waals surface area contributed by atoms with Crippen LogP contribution in [0.25, 0.3) is 0 Å². The van der Waals surface area contributed by atoms with E-state index in [9.17, 15) is 22.8 Å². The Balaban J connectivity index is 1.35. The fourth-order valence-corrected chi connectivity index (χ4v) is 5.49. The van der Waals surface area contributed by atoms with E-state index < -0.39 is 21.8 Å². The summed E-state index contributed by atoms with van der Waals surface area (Å²) in [7, 11) is -2.27. The van der Waals surface area contributed by atoms with Crippen molar-refractivity contribution < 1.29 is 27.2 Å². The summed E-state index contributed by atoms with van der Waals surface area (Å²) < 4.78 is 33.7. The first kappa shape index (κ1) is 24.2. The van der Waals surface area contributed by atoms with Crippen molar-refractivity contribution >= 4 is 39.1 Å². The van der Waals surface area contributed by atoms with Gasteiger partial charge in [-0.25, -0.2) is 8.42 Å². The topological polar surface area (TPSA) is 157 Å². The number of nitrogens with two attached hydrogens (primary N) is 1. The Bertz CT molecular complexity index is 1350. The van der Waals surface area contributed by atoms with E-state index in [0.29, 0.717) is 24.2 Å². The second-order valence-corrected chi connectivity index (χ2v) is 10.2. The zero-order valence-corrected chi connectivity index (χ0v) is 19.7. The van der Waals surface area contributed by atoms with Gasteiger partial charge in [-0.3, -0.25) is 14.4 Å². The lowest BCUT2D eigenvalue weighted by Crippen LogP contribution is -2.41. The zero-order chi connectivity index (χ0) is 25.2. The molecule has 0 radical (unpaired) electrons. The van der Waals surface area contributed by atoms with Gasteiger partial charge in [-0.15, -0.1) is 0 Å². The molecule has 184 valence electrons. The molecule has 1 fully saturated rings. The smallest absolute Gasteiger partial charge is 0.291 e. The number of nitrogens with zero attached hydrogens (tertiary/aromatic N) is 2. The Morgan fingerprint density at radius 2 is 1.71 bits per heavy atom. The van der Waals surface area contributed by atoms with Crippen LogP contribution in [0.4, 0.5) is 11.4 Å². The van der Waals surface area contributed by atoms with Gasteiger partial charge in [0.2, 0.25) is 15.9 Å². The number of carbonyl (C=O) groups is 3. The van der Waals surface area contributed by atoms with Crippen LogP contribution in [0.5, 0.6) is 0 Å². The standard InChI is InChI=1S/C23H25N5O6S/c1-27-14-18(13-19(27)21(24)29)35(32,33)28-9-7-15(8-10-28)22(30)25-16-4-2-5-17(12-16)26-23(31)20-6-3-11-34-20/h2-6,11-15H,7-10H2,1H3,(H2,24,29)(H,25,30)(H,26,31). The van der Waals surface area contributed by atoms with E-state index >= 15 is 0 Å². The molecule has 0 bridgehead atoms. The normalized spacial score (nSPS) is 15.0. The molecule has 0 unspecified atom stereocenters. The van der Waals surface area contributed by atoms with E-state index in [1.54, 1.807) is 43.4 Å². The van der Waals surface area contributed by atoms with E-state index in [2.05, 4.69) is 10.6 Å². The first-order valence-electron chi connectivity index (χ1n) is 10.9. The van der Waals surface area contributed by atoms with Crippen molar-refractivity contribution in [2.75, 3.05) is 23.7 Å².